The van der Waals surface area contributed by atoms with Crippen molar-refractivity contribution in [1.82, 2.24) is 4.90 Å². The second kappa shape index (κ2) is 5.05. The van der Waals surface area contributed by atoms with Gasteiger partial charge < -0.3 is 10.0 Å². The van der Waals surface area contributed by atoms with E-state index in [4.69, 9.17) is 0 Å². The van der Waals surface area contributed by atoms with Crippen LogP contribution in [-0.4, -0.2) is 36.2 Å². The van der Waals surface area contributed by atoms with E-state index in [0.29, 0.717) is 6.04 Å². The van der Waals surface area contributed by atoms with Crippen molar-refractivity contribution >= 4 is 0 Å². The lowest BCUT2D eigenvalue weighted by Crippen LogP contribution is -2.40. The summed E-state index contributed by atoms with van der Waals surface area (Å²) in [6, 6.07) is 0.335. The molecular formula is C14H24NO. The fraction of sp³-hybridized carbons (Fsp3) is 0.643. The first-order valence-electron chi connectivity index (χ1n) is 5.85. The average Bonchev–Trinajstić information content (AvgIpc) is 2.61. The lowest BCUT2D eigenvalue weighted by atomic mass is 9.75. The number of aliphatic hydroxyl groups is 1. The van der Waals surface area contributed by atoms with Gasteiger partial charge in [-0.3, -0.25) is 0 Å². The second-order valence-electron chi connectivity index (χ2n) is 5.84. The number of rotatable bonds is 3. The van der Waals surface area contributed by atoms with Gasteiger partial charge in [-0.25, -0.2) is 0 Å². The van der Waals surface area contributed by atoms with Gasteiger partial charge in [0.1, 0.15) is 0 Å². The molecule has 2 heteroatoms. The molecule has 1 aliphatic carbocycles. The summed E-state index contributed by atoms with van der Waals surface area (Å²) < 4.78 is 0. The third kappa shape index (κ3) is 2.98. The predicted octanol–water partition coefficient (Wildman–Crippen LogP) is 2.12. The van der Waals surface area contributed by atoms with E-state index >= 15 is 0 Å². The number of nitrogens with zero attached hydrogens (tertiary/aromatic N) is 1. The summed E-state index contributed by atoms with van der Waals surface area (Å²) in [5.74, 6) is 2.29. The molecule has 0 aromatic heterocycles. The molecule has 0 aromatic rings. The molecule has 0 bridgehead atoms. The zero-order chi connectivity index (χ0) is 12.5. The molecule has 0 aromatic carbocycles. The summed E-state index contributed by atoms with van der Waals surface area (Å²) >= 11 is 0. The molecule has 1 fully saturated rings. The summed E-state index contributed by atoms with van der Waals surface area (Å²) in [5, 5.41) is 10.3. The molecular weight excluding hydrogens is 198 g/mol. The molecule has 2 atom stereocenters. The Hall–Kier alpha value is -0.0800. The largest absolute Gasteiger partial charge is 0.392 e. The van der Waals surface area contributed by atoms with Crippen molar-refractivity contribution in [1.29, 1.82) is 0 Å². The second-order valence-corrected chi connectivity index (χ2v) is 5.84. The monoisotopic (exact) mass is 222 g/mol. The summed E-state index contributed by atoms with van der Waals surface area (Å²) in [4.78, 5) is 2.16. The molecule has 0 unspecified atom stereocenters. The highest BCUT2D eigenvalue weighted by Crippen LogP contribution is 2.43. The SMILES string of the molecule is C[C@@H]([C]1[CH][CH][CH][C]1[C@H](O)C(C)(C)C)N(C)C. The van der Waals surface area contributed by atoms with Crippen molar-refractivity contribution in [2.45, 2.75) is 39.8 Å². The summed E-state index contributed by atoms with van der Waals surface area (Å²) in [7, 11) is 4.12. The first-order chi connectivity index (χ1) is 7.25. The van der Waals surface area contributed by atoms with Crippen molar-refractivity contribution in [3.05, 3.63) is 31.1 Å². The van der Waals surface area contributed by atoms with Gasteiger partial charge in [0.25, 0.3) is 0 Å². The van der Waals surface area contributed by atoms with Crippen LogP contribution in [0.4, 0.5) is 0 Å². The molecule has 1 saturated carbocycles. The lowest BCUT2D eigenvalue weighted by Gasteiger charge is -2.37. The molecule has 2 nitrogen and oxygen atoms in total. The van der Waals surface area contributed by atoms with E-state index in [-0.39, 0.29) is 5.41 Å². The predicted molar refractivity (Wildman–Crippen MR) is 68.0 cm³/mol. The van der Waals surface area contributed by atoms with Gasteiger partial charge >= 0.3 is 0 Å². The Kier molecular flexibility index (Phi) is 4.42. The van der Waals surface area contributed by atoms with Gasteiger partial charge in [0, 0.05) is 17.9 Å². The number of aliphatic hydroxyl groups excluding tert-OH is 1. The van der Waals surface area contributed by atoms with Crippen LogP contribution in [0.1, 0.15) is 27.7 Å². The Labute approximate surface area is 101 Å². The number of hydrogen-bond donors (Lipinski definition) is 1. The van der Waals surface area contributed by atoms with Crippen LogP contribution < -0.4 is 0 Å². The topological polar surface area (TPSA) is 23.5 Å². The van der Waals surface area contributed by atoms with E-state index in [1.807, 2.05) is 12.8 Å². The van der Waals surface area contributed by atoms with E-state index in [1.165, 1.54) is 5.92 Å². The average molecular weight is 222 g/mol. The highest BCUT2D eigenvalue weighted by molar-refractivity contribution is 5.48. The summed E-state index contributed by atoms with van der Waals surface area (Å²) in [5.41, 5.74) is -0.116. The van der Waals surface area contributed by atoms with Crippen molar-refractivity contribution in [2.75, 3.05) is 14.1 Å². The fourth-order valence-corrected chi connectivity index (χ4v) is 1.82. The Bertz CT molecular complexity index is 219. The maximum Gasteiger partial charge on any atom is 0.0660 e. The van der Waals surface area contributed by atoms with Gasteiger partial charge in [0.2, 0.25) is 0 Å². The lowest BCUT2D eigenvalue weighted by molar-refractivity contribution is 0.0770. The third-order valence-corrected chi connectivity index (χ3v) is 3.22. The van der Waals surface area contributed by atoms with Crippen molar-refractivity contribution in [3.8, 4) is 0 Å². The van der Waals surface area contributed by atoms with Crippen LogP contribution in [0.2, 0.25) is 0 Å². The smallest absolute Gasteiger partial charge is 0.0660 e. The maximum atomic E-state index is 10.3. The highest BCUT2D eigenvalue weighted by Gasteiger charge is 2.42. The molecule has 16 heavy (non-hydrogen) atoms. The molecule has 0 saturated heterocycles. The van der Waals surface area contributed by atoms with Gasteiger partial charge in [0.05, 0.1) is 6.10 Å². The van der Waals surface area contributed by atoms with Crippen LogP contribution in [0.25, 0.3) is 0 Å². The van der Waals surface area contributed by atoms with Crippen LogP contribution in [0.15, 0.2) is 0 Å². The summed E-state index contributed by atoms with van der Waals surface area (Å²) in [6.07, 6.45) is 5.76. The zero-order valence-electron chi connectivity index (χ0n) is 11.3. The molecule has 91 valence electrons. The molecule has 0 amide bonds. The van der Waals surface area contributed by atoms with E-state index < -0.39 is 6.10 Å². The maximum absolute atomic E-state index is 10.3. The van der Waals surface area contributed by atoms with Crippen LogP contribution >= 0.6 is 0 Å². The van der Waals surface area contributed by atoms with Crippen LogP contribution in [0.3, 0.4) is 0 Å². The van der Waals surface area contributed by atoms with E-state index in [9.17, 15) is 5.11 Å². The molecule has 1 N–H and O–H groups in total. The van der Waals surface area contributed by atoms with E-state index in [1.54, 1.807) is 0 Å². The standard InChI is InChI=1S/C14H24NO/c1-10(15(5)6)11-8-7-9-12(11)13(16)14(2,3)4/h7-10,13,16H,1-6H3/t10-,13-/m0/s1. The molecule has 1 aliphatic rings. The van der Waals surface area contributed by atoms with Gasteiger partial charge in [-0.05, 0) is 45.7 Å². The molecule has 0 aliphatic heterocycles. The van der Waals surface area contributed by atoms with Gasteiger partial charge in [0.15, 0.2) is 0 Å². The Balaban J connectivity index is 2.73. The fourth-order valence-electron chi connectivity index (χ4n) is 1.82. The van der Waals surface area contributed by atoms with Crippen molar-refractivity contribution < 1.29 is 5.11 Å². The Morgan fingerprint density at radius 1 is 1.12 bits per heavy atom. The third-order valence-electron chi connectivity index (χ3n) is 3.22. The van der Waals surface area contributed by atoms with Gasteiger partial charge in [-0.1, -0.05) is 20.8 Å². The van der Waals surface area contributed by atoms with E-state index in [0.717, 1.165) is 5.92 Å². The number of hydrogen-bond acceptors (Lipinski definition) is 2. The van der Waals surface area contributed by atoms with Gasteiger partial charge in [-0.2, -0.15) is 0 Å². The minimum Gasteiger partial charge on any atom is -0.392 e. The molecule has 0 spiro atoms. The Morgan fingerprint density at radius 2 is 1.62 bits per heavy atom. The molecule has 1 rings (SSSR count). The van der Waals surface area contributed by atoms with Crippen molar-refractivity contribution in [2.24, 2.45) is 5.41 Å². The van der Waals surface area contributed by atoms with Crippen molar-refractivity contribution in [3.63, 3.8) is 0 Å². The normalized spacial score (nSPS) is 24.0. The van der Waals surface area contributed by atoms with Crippen LogP contribution in [-0.2, 0) is 0 Å². The highest BCUT2D eigenvalue weighted by atomic mass is 16.3. The van der Waals surface area contributed by atoms with Crippen LogP contribution in [0, 0.1) is 36.5 Å². The summed E-state index contributed by atoms with van der Waals surface area (Å²) in [6.45, 7) is 8.35. The molecule has 0 heterocycles. The first-order valence-corrected chi connectivity index (χ1v) is 5.85. The van der Waals surface area contributed by atoms with Crippen LogP contribution in [0.5, 0.6) is 0 Å². The minimum atomic E-state index is -0.403. The molecule has 5 radical (unpaired) electrons. The first kappa shape index (κ1) is 14.0. The Morgan fingerprint density at radius 3 is 2.06 bits per heavy atom. The quantitative estimate of drug-likeness (QED) is 0.790. The van der Waals surface area contributed by atoms with E-state index in [2.05, 4.69) is 53.1 Å². The zero-order valence-corrected chi connectivity index (χ0v) is 11.3. The van der Waals surface area contributed by atoms with Gasteiger partial charge in [-0.15, -0.1) is 0 Å². The minimum absolute atomic E-state index is 0.116.